The molecule has 0 spiro atoms. The molecule has 7 nitrogen and oxygen atoms in total. The zero-order valence-corrected chi connectivity index (χ0v) is 18.7. The lowest BCUT2D eigenvalue weighted by molar-refractivity contribution is -0.645. The number of carbonyl (C=O) groups excluding carboxylic acids is 2. The van der Waals surface area contributed by atoms with Crippen molar-refractivity contribution in [2.75, 3.05) is 18.8 Å². The Morgan fingerprint density at radius 1 is 1.09 bits per heavy atom. The van der Waals surface area contributed by atoms with Crippen molar-refractivity contribution in [3.8, 4) is 0 Å². The number of aliphatic hydroxyl groups excluding tert-OH is 1. The Kier molecular flexibility index (Phi) is 5.82. The van der Waals surface area contributed by atoms with Gasteiger partial charge in [0.1, 0.15) is 0 Å². The molecule has 168 valence electrons. The first kappa shape index (κ1) is 21.3. The topological polar surface area (TPSA) is 87.8 Å². The van der Waals surface area contributed by atoms with Crippen LogP contribution >= 0.6 is 11.8 Å². The maximum absolute atomic E-state index is 13.4. The van der Waals surface area contributed by atoms with Crippen LogP contribution in [-0.2, 0) is 17.6 Å². The van der Waals surface area contributed by atoms with E-state index in [0.717, 1.165) is 41.5 Å². The number of thioether (sulfide) groups is 1. The van der Waals surface area contributed by atoms with E-state index in [2.05, 4.69) is 0 Å². The SMILES string of the molecule is O=C(CSc1cccc[n+]1[O-])N1CC2CCC(C1)N2C(=O)c1ccc2c(c1)CCC(O)C2. The minimum atomic E-state index is -0.288. The first-order valence-electron chi connectivity index (χ1n) is 11.2. The van der Waals surface area contributed by atoms with Gasteiger partial charge in [0.2, 0.25) is 5.91 Å². The van der Waals surface area contributed by atoms with Crippen molar-refractivity contribution in [3.05, 3.63) is 64.5 Å². The number of carbonyl (C=O) groups is 2. The molecule has 2 fully saturated rings. The Labute approximate surface area is 191 Å². The second-order valence-electron chi connectivity index (χ2n) is 8.93. The summed E-state index contributed by atoms with van der Waals surface area (Å²) >= 11 is 1.25. The Hall–Kier alpha value is -2.58. The molecule has 8 heteroatoms. The van der Waals surface area contributed by atoms with Gasteiger partial charge in [-0.15, -0.1) is 0 Å². The molecule has 5 rings (SSSR count). The summed E-state index contributed by atoms with van der Waals surface area (Å²) in [4.78, 5) is 30.0. The highest BCUT2D eigenvalue weighted by molar-refractivity contribution is 7.99. The molecule has 3 unspecified atom stereocenters. The second-order valence-corrected chi connectivity index (χ2v) is 9.93. The Balaban J connectivity index is 1.24. The van der Waals surface area contributed by atoms with Crippen molar-refractivity contribution >= 4 is 23.6 Å². The summed E-state index contributed by atoms with van der Waals surface area (Å²) in [6.45, 7) is 1.09. The van der Waals surface area contributed by atoms with E-state index in [1.165, 1.54) is 18.0 Å². The van der Waals surface area contributed by atoms with Crippen LogP contribution in [0.3, 0.4) is 0 Å². The molecule has 3 aliphatic rings. The van der Waals surface area contributed by atoms with Gasteiger partial charge in [-0.2, -0.15) is 4.73 Å². The van der Waals surface area contributed by atoms with Crippen LogP contribution in [0.4, 0.5) is 0 Å². The van der Waals surface area contributed by atoms with Gasteiger partial charge in [0.25, 0.3) is 10.9 Å². The van der Waals surface area contributed by atoms with Gasteiger partial charge in [0.05, 0.1) is 23.9 Å². The van der Waals surface area contributed by atoms with Crippen LogP contribution in [0.5, 0.6) is 0 Å². The van der Waals surface area contributed by atoms with Crippen molar-refractivity contribution in [1.82, 2.24) is 9.80 Å². The van der Waals surface area contributed by atoms with Crippen LogP contribution in [0.25, 0.3) is 0 Å². The fourth-order valence-corrected chi connectivity index (χ4v) is 6.02. The fourth-order valence-electron chi connectivity index (χ4n) is 5.21. The zero-order valence-electron chi connectivity index (χ0n) is 17.9. The lowest BCUT2D eigenvalue weighted by Gasteiger charge is -2.41. The number of rotatable bonds is 4. The number of likely N-dealkylation sites (tertiary alicyclic amines) is 1. The van der Waals surface area contributed by atoms with Crippen molar-refractivity contribution in [1.29, 1.82) is 0 Å². The largest absolute Gasteiger partial charge is 0.618 e. The van der Waals surface area contributed by atoms with E-state index in [1.54, 1.807) is 18.2 Å². The van der Waals surface area contributed by atoms with Gasteiger partial charge in [0.15, 0.2) is 6.20 Å². The predicted octanol–water partition coefficient (Wildman–Crippen LogP) is 1.78. The summed E-state index contributed by atoms with van der Waals surface area (Å²) in [5, 5.41) is 22.2. The average molecular weight is 454 g/mol. The number of aliphatic hydroxyl groups is 1. The van der Waals surface area contributed by atoms with E-state index in [1.807, 2.05) is 28.0 Å². The molecular weight excluding hydrogens is 426 g/mol. The van der Waals surface area contributed by atoms with Gasteiger partial charge in [0, 0.05) is 30.8 Å². The first-order chi connectivity index (χ1) is 15.5. The highest BCUT2D eigenvalue weighted by Crippen LogP contribution is 2.33. The summed E-state index contributed by atoms with van der Waals surface area (Å²) in [6.07, 6.45) is 5.15. The Morgan fingerprint density at radius 3 is 2.62 bits per heavy atom. The molecule has 32 heavy (non-hydrogen) atoms. The highest BCUT2D eigenvalue weighted by Gasteiger charge is 2.44. The van der Waals surface area contributed by atoms with Gasteiger partial charge in [-0.25, -0.2) is 0 Å². The third-order valence-corrected chi connectivity index (χ3v) is 7.86. The summed E-state index contributed by atoms with van der Waals surface area (Å²) in [5.74, 6) is 0.274. The van der Waals surface area contributed by atoms with Crippen LogP contribution < -0.4 is 4.73 Å². The van der Waals surface area contributed by atoms with Gasteiger partial charge < -0.3 is 20.1 Å². The molecule has 2 aromatic rings. The molecule has 0 radical (unpaired) electrons. The van der Waals surface area contributed by atoms with Crippen LogP contribution in [0.15, 0.2) is 47.6 Å². The smallest absolute Gasteiger partial charge is 0.254 e. The van der Waals surface area contributed by atoms with Gasteiger partial charge >= 0.3 is 0 Å². The number of amides is 2. The number of hydrogen-bond donors (Lipinski definition) is 1. The van der Waals surface area contributed by atoms with E-state index in [9.17, 15) is 19.9 Å². The van der Waals surface area contributed by atoms with E-state index >= 15 is 0 Å². The highest BCUT2D eigenvalue weighted by atomic mass is 32.2. The lowest BCUT2D eigenvalue weighted by Crippen LogP contribution is -2.57. The summed E-state index contributed by atoms with van der Waals surface area (Å²) < 4.78 is 0.775. The monoisotopic (exact) mass is 453 g/mol. The molecule has 1 N–H and O–H groups in total. The zero-order chi connectivity index (χ0) is 22.2. The molecule has 2 saturated heterocycles. The van der Waals surface area contributed by atoms with Crippen molar-refractivity contribution in [3.63, 3.8) is 0 Å². The van der Waals surface area contributed by atoms with Crippen LogP contribution in [0.2, 0.25) is 0 Å². The molecule has 2 amide bonds. The van der Waals surface area contributed by atoms with Crippen LogP contribution in [-0.4, -0.2) is 63.8 Å². The molecule has 1 aliphatic carbocycles. The Morgan fingerprint density at radius 2 is 1.88 bits per heavy atom. The van der Waals surface area contributed by atoms with Crippen LogP contribution in [0, 0.1) is 5.21 Å². The maximum Gasteiger partial charge on any atom is 0.254 e. The molecule has 1 aromatic heterocycles. The number of aryl methyl sites for hydroxylation is 1. The summed E-state index contributed by atoms with van der Waals surface area (Å²) in [7, 11) is 0. The number of aromatic nitrogens is 1. The maximum atomic E-state index is 13.4. The first-order valence-corrected chi connectivity index (χ1v) is 12.2. The number of benzene rings is 1. The number of pyridine rings is 1. The molecule has 0 saturated carbocycles. The lowest BCUT2D eigenvalue weighted by atomic mass is 9.88. The number of fused-ring (bicyclic) bond motifs is 3. The molecule has 3 heterocycles. The molecule has 1 aromatic carbocycles. The van der Waals surface area contributed by atoms with E-state index in [0.29, 0.717) is 30.1 Å². The van der Waals surface area contributed by atoms with E-state index in [4.69, 9.17) is 0 Å². The summed E-state index contributed by atoms with van der Waals surface area (Å²) in [5.41, 5.74) is 3.00. The molecular formula is C24H27N3O4S. The van der Waals surface area contributed by atoms with Crippen molar-refractivity contribution in [2.45, 2.75) is 55.3 Å². The van der Waals surface area contributed by atoms with E-state index < -0.39 is 0 Å². The number of piperazine rings is 1. The minimum Gasteiger partial charge on any atom is -0.618 e. The van der Waals surface area contributed by atoms with E-state index in [-0.39, 0.29) is 35.8 Å². The second kappa shape index (κ2) is 8.75. The van der Waals surface area contributed by atoms with Gasteiger partial charge in [-0.1, -0.05) is 6.07 Å². The normalized spacial score (nSPS) is 24.3. The number of nitrogens with zero attached hydrogens (tertiary/aromatic N) is 3. The van der Waals surface area contributed by atoms with Crippen molar-refractivity contribution < 1.29 is 19.4 Å². The third-order valence-electron chi connectivity index (χ3n) is 6.86. The molecule has 2 bridgehead atoms. The quantitative estimate of drug-likeness (QED) is 0.433. The molecule has 2 aliphatic heterocycles. The van der Waals surface area contributed by atoms with Gasteiger partial charge in [-0.3, -0.25) is 9.59 Å². The average Bonchev–Trinajstić information content (AvgIpc) is 3.06. The van der Waals surface area contributed by atoms with Crippen LogP contribution in [0.1, 0.15) is 40.7 Å². The standard InChI is InChI=1S/C24H27N3O4S/c28-21-9-6-16-11-18(5-4-17(16)12-21)24(30)27-19-7-8-20(27)14-25(13-19)22(29)15-32-23-3-1-2-10-26(23)31/h1-5,10-11,19-21,28H,6-9,12-15H2. The third kappa shape index (κ3) is 4.09. The van der Waals surface area contributed by atoms with Crippen molar-refractivity contribution in [2.24, 2.45) is 0 Å². The fraction of sp³-hybridized carbons (Fsp3) is 0.458. The minimum absolute atomic E-state index is 0.00944. The predicted molar refractivity (Wildman–Crippen MR) is 120 cm³/mol. The summed E-state index contributed by atoms with van der Waals surface area (Å²) in [6, 6.07) is 11.1. The number of hydrogen-bond acceptors (Lipinski definition) is 5. The molecule has 3 atom stereocenters. The van der Waals surface area contributed by atoms with Gasteiger partial charge in [-0.05, 0) is 73.2 Å². The Bertz CT molecular complexity index is 1030.